The van der Waals surface area contributed by atoms with Crippen molar-refractivity contribution in [2.45, 2.75) is 13.0 Å². The van der Waals surface area contributed by atoms with Crippen molar-refractivity contribution in [2.75, 3.05) is 4.90 Å². The van der Waals surface area contributed by atoms with Gasteiger partial charge in [-0.3, -0.25) is 14.5 Å². The molecule has 1 aliphatic heterocycles. The quantitative estimate of drug-likeness (QED) is 0.377. The molecule has 164 valence electrons. The molecule has 0 saturated carbocycles. The highest BCUT2D eigenvalue weighted by atomic mass is 32.1. The van der Waals surface area contributed by atoms with Crippen LogP contribution in [-0.2, 0) is 4.79 Å². The highest BCUT2D eigenvalue weighted by Crippen LogP contribution is 2.43. The zero-order chi connectivity index (χ0) is 22.9. The van der Waals surface area contributed by atoms with E-state index in [1.165, 1.54) is 16.2 Å². The van der Waals surface area contributed by atoms with Gasteiger partial charge in [-0.2, -0.15) is 0 Å². The number of carbonyl (C=O) groups excluding carboxylic acids is 2. The number of thiophene rings is 1. The predicted molar refractivity (Wildman–Crippen MR) is 123 cm³/mol. The van der Waals surface area contributed by atoms with Crippen molar-refractivity contribution < 1.29 is 24.0 Å². The third-order valence-corrected chi connectivity index (χ3v) is 6.08. The molecular formula is C25H18N2O5S. The molecule has 3 heterocycles. The lowest BCUT2D eigenvalue weighted by molar-refractivity contribution is -0.117. The van der Waals surface area contributed by atoms with Crippen LogP contribution in [0.1, 0.15) is 27.0 Å². The molecule has 0 saturated heterocycles. The zero-order valence-electron chi connectivity index (χ0n) is 17.5. The Labute approximate surface area is 193 Å². The van der Waals surface area contributed by atoms with E-state index in [1.54, 1.807) is 54.8 Å². The molecule has 0 fully saturated rings. The SMILES string of the molecule is Cc1cc(N2C(=O)C(O)=C(C(=O)c3cccs3)[C@H]2c2cccc(Oc3ccccc3)c2)no1. The molecule has 1 aliphatic rings. The fourth-order valence-electron chi connectivity index (χ4n) is 3.77. The third-order valence-electron chi connectivity index (χ3n) is 5.21. The summed E-state index contributed by atoms with van der Waals surface area (Å²) < 4.78 is 11.1. The van der Waals surface area contributed by atoms with Gasteiger partial charge >= 0.3 is 0 Å². The maximum Gasteiger partial charge on any atom is 0.295 e. The van der Waals surface area contributed by atoms with Gasteiger partial charge in [-0.25, -0.2) is 0 Å². The van der Waals surface area contributed by atoms with E-state index >= 15 is 0 Å². The van der Waals surface area contributed by atoms with Crippen LogP contribution in [0.2, 0.25) is 0 Å². The fraction of sp³-hybridized carbons (Fsp3) is 0.0800. The maximum atomic E-state index is 13.3. The van der Waals surface area contributed by atoms with Crippen molar-refractivity contribution in [3.63, 3.8) is 0 Å². The number of nitrogens with zero attached hydrogens (tertiary/aromatic N) is 2. The largest absolute Gasteiger partial charge is 0.503 e. The summed E-state index contributed by atoms with van der Waals surface area (Å²) in [4.78, 5) is 28.2. The minimum absolute atomic E-state index is 0.0139. The van der Waals surface area contributed by atoms with Crippen LogP contribution in [-0.4, -0.2) is 22.0 Å². The number of aliphatic hydroxyl groups is 1. The lowest BCUT2D eigenvalue weighted by Gasteiger charge is -2.24. The van der Waals surface area contributed by atoms with Crippen LogP contribution in [0.3, 0.4) is 0 Å². The number of ketones is 1. The summed E-state index contributed by atoms with van der Waals surface area (Å²) >= 11 is 1.24. The summed E-state index contributed by atoms with van der Waals surface area (Å²) in [7, 11) is 0. The van der Waals surface area contributed by atoms with Crippen LogP contribution < -0.4 is 9.64 Å². The van der Waals surface area contributed by atoms with E-state index < -0.39 is 23.5 Å². The number of amides is 1. The fourth-order valence-corrected chi connectivity index (χ4v) is 4.45. The van der Waals surface area contributed by atoms with E-state index in [9.17, 15) is 14.7 Å². The van der Waals surface area contributed by atoms with E-state index in [0.717, 1.165) is 0 Å². The number of rotatable bonds is 6. The monoisotopic (exact) mass is 458 g/mol. The molecule has 1 atom stereocenters. The number of benzene rings is 2. The summed E-state index contributed by atoms with van der Waals surface area (Å²) in [6, 6.07) is 20.4. The van der Waals surface area contributed by atoms with Crippen LogP contribution in [0.15, 0.2) is 94.0 Å². The van der Waals surface area contributed by atoms with E-state index in [-0.39, 0.29) is 11.4 Å². The van der Waals surface area contributed by atoms with Crippen LogP contribution in [0, 0.1) is 6.92 Å². The second-order valence-electron chi connectivity index (χ2n) is 7.43. The van der Waals surface area contributed by atoms with Crippen molar-refractivity contribution in [2.24, 2.45) is 0 Å². The standard InChI is InChI=1S/C25H18N2O5S/c1-15-13-20(26-32-15)27-22(21(24(29)25(27)30)23(28)19-11-6-12-33-19)16-7-5-10-18(14-16)31-17-8-3-2-4-9-17/h2-14,22,29H,1H3/t22-/m1/s1. The van der Waals surface area contributed by atoms with Gasteiger partial charge in [0.15, 0.2) is 11.6 Å². The van der Waals surface area contributed by atoms with Crippen LogP contribution >= 0.6 is 11.3 Å². The summed E-state index contributed by atoms with van der Waals surface area (Å²) in [5.41, 5.74) is 0.571. The number of aliphatic hydroxyl groups excluding tert-OH is 1. The Morgan fingerprint density at radius 2 is 1.85 bits per heavy atom. The summed E-state index contributed by atoms with van der Waals surface area (Å²) in [5.74, 6) is 0.132. The van der Waals surface area contributed by atoms with Gasteiger partial charge in [0.1, 0.15) is 17.3 Å². The second kappa shape index (κ2) is 8.40. The molecule has 0 aliphatic carbocycles. The van der Waals surface area contributed by atoms with Crippen LogP contribution in [0.25, 0.3) is 0 Å². The number of aryl methyl sites for hydroxylation is 1. The van der Waals surface area contributed by atoms with Gasteiger partial charge in [0.25, 0.3) is 5.91 Å². The number of ether oxygens (including phenoxy) is 1. The van der Waals surface area contributed by atoms with Crippen molar-refractivity contribution in [3.8, 4) is 11.5 Å². The van der Waals surface area contributed by atoms with Gasteiger partial charge in [0.2, 0.25) is 5.78 Å². The minimum Gasteiger partial charge on any atom is -0.503 e. The van der Waals surface area contributed by atoms with Crippen LogP contribution in [0.5, 0.6) is 11.5 Å². The number of para-hydroxylation sites is 1. The normalized spacial score (nSPS) is 15.8. The Hall–Kier alpha value is -4.17. The van der Waals surface area contributed by atoms with E-state index in [2.05, 4.69) is 5.16 Å². The molecule has 0 unspecified atom stereocenters. The molecule has 2 aromatic heterocycles. The second-order valence-corrected chi connectivity index (χ2v) is 8.38. The smallest absolute Gasteiger partial charge is 0.295 e. The Morgan fingerprint density at radius 1 is 1.06 bits per heavy atom. The summed E-state index contributed by atoms with van der Waals surface area (Å²) in [6.45, 7) is 1.70. The lowest BCUT2D eigenvalue weighted by Crippen LogP contribution is -2.31. The molecule has 1 N–H and O–H groups in total. The first-order valence-corrected chi connectivity index (χ1v) is 11.0. The topological polar surface area (TPSA) is 92.9 Å². The highest BCUT2D eigenvalue weighted by molar-refractivity contribution is 7.12. The van der Waals surface area contributed by atoms with Gasteiger partial charge in [-0.05, 0) is 48.2 Å². The number of Topliss-reactive ketones (excluding diaryl/α,β-unsaturated/α-hetero) is 1. The van der Waals surface area contributed by atoms with Gasteiger partial charge < -0.3 is 14.4 Å². The average Bonchev–Trinajstić information content (AvgIpc) is 3.55. The average molecular weight is 458 g/mol. The molecule has 0 bridgehead atoms. The summed E-state index contributed by atoms with van der Waals surface area (Å²) in [6.07, 6.45) is 0. The summed E-state index contributed by atoms with van der Waals surface area (Å²) in [5, 5.41) is 16.5. The van der Waals surface area contributed by atoms with Crippen molar-refractivity contribution in [1.82, 2.24) is 5.16 Å². The van der Waals surface area contributed by atoms with Crippen molar-refractivity contribution in [1.29, 1.82) is 0 Å². The van der Waals surface area contributed by atoms with E-state index in [1.807, 2.05) is 30.3 Å². The molecule has 8 heteroatoms. The number of hydrogen-bond acceptors (Lipinski definition) is 7. The first kappa shape index (κ1) is 20.7. The molecule has 33 heavy (non-hydrogen) atoms. The first-order valence-electron chi connectivity index (χ1n) is 10.1. The molecule has 0 spiro atoms. The zero-order valence-corrected chi connectivity index (χ0v) is 18.3. The van der Waals surface area contributed by atoms with Crippen LogP contribution in [0.4, 0.5) is 5.82 Å². The minimum atomic E-state index is -0.907. The molecule has 0 radical (unpaired) electrons. The number of anilines is 1. The highest BCUT2D eigenvalue weighted by Gasteiger charge is 2.46. The molecule has 2 aromatic carbocycles. The van der Waals surface area contributed by atoms with E-state index in [0.29, 0.717) is 27.7 Å². The van der Waals surface area contributed by atoms with Gasteiger partial charge in [0.05, 0.1) is 16.5 Å². The predicted octanol–water partition coefficient (Wildman–Crippen LogP) is 5.62. The first-order chi connectivity index (χ1) is 16.0. The molecular weight excluding hydrogens is 440 g/mol. The molecule has 5 rings (SSSR count). The Balaban J connectivity index is 1.61. The Kier molecular flexibility index (Phi) is 5.27. The Bertz CT molecular complexity index is 1360. The number of carbonyl (C=O) groups is 2. The lowest BCUT2D eigenvalue weighted by atomic mass is 9.95. The van der Waals surface area contributed by atoms with Gasteiger partial charge in [0, 0.05) is 6.07 Å². The van der Waals surface area contributed by atoms with Gasteiger partial charge in [-0.15, -0.1) is 11.3 Å². The Morgan fingerprint density at radius 3 is 2.55 bits per heavy atom. The molecule has 7 nitrogen and oxygen atoms in total. The van der Waals surface area contributed by atoms with Crippen molar-refractivity contribution in [3.05, 3.63) is 106 Å². The maximum absolute atomic E-state index is 13.3. The van der Waals surface area contributed by atoms with Gasteiger partial charge in [-0.1, -0.05) is 41.6 Å². The number of aromatic nitrogens is 1. The molecule has 4 aromatic rings. The van der Waals surface area contributed by atoms with E-state index in [4.69, 9.17) is 9.26 Å². The van der Waals surface area contributed by atoms with Crippen molar-refractivity contribution >= 4 is 28.8 Å². The third kappa shape index (κ3) is 3.81. The number of hydrogen-bond donors (Lipinski definition) is 1. The molecule has 1 amide bonds.